The maximum atomic E-state index is 13.7. The highest BCUT2D eigenvalue weighted by Gasteiger charge is 2.32. The van der Waals surface area contributed by atoms with Crippen molar-refractivity contribution >= 4 is 39.6 Å². The average molecular weight is 951 g/mol. The monoisotopic (exact) mass is 951 g/mol. The third kappa shape index (κ3) is 13.3. The summed E-state index contributed by atoms with van der Waals surface area (Å²) in [7, 11) is 7.83. The standard InChI is InChI=1S/C28H36N4O4.C27H30N4O3/c1-5-24(31(19-18-30(3)4)25(33)16-17-26(34)36-6-2)27-29-23-15-11-10-14-22(23)28(35)32(27)20-21-12-8-7-9-13-21;1-4-23(30(17-16-29(2)3)27(33)24-15-10-18-34-24)25-28-22-14-9-8-13-21(22)26(32)31(25)19-20-11-6-5-7-12-20/h7-15,24H,5-6,16-20H2,1-4H3;5-15,18,23H,4,16-17,19H2,1-3H3. The topological polar surface area (TPSA) is 156 Å². The molecule has 7 rings (SSSR count). The number of aromatic nitrogens is 4. The van der Waals surface area contributed by atoms with Crippen molar-refractivity contribution in [1.29, 1.82) is 0 Å². The number of para-hydroxylation sites is 2. The summed E-state index contributed by atoms with van der Waals surface area (Å²) >= 11 is 0. The Bertz CT molecular complexity index is 2920. The van der Waals surface area contributed by atoms with Crippen LogP contribution in [0.4, 0.5) is 0 Å². The number of amides is 2. The highest BCUT2D eigenvalue weighted by Crippen LogP contribution is 2.28. The molecule has 0 fully saturated rings. The minimum absolute atomic E-state index is 0.0174. The molecule has 2 atom stereocenters. The number of furan rings is 1. The van der Waals surface area contributed by atoms with E-state index in [4.69, 9.17) is 19.1 Å². The van der Waals surface area contributed by atoms with E-state index in [0.29, 0.717) is 85.6 Å². The van der Waals surface area contributed by atoms with Gasteiger partial charge in [0.2, 0.25) is 5.91 Å². The molecule has 70 heavy (non-hydrogen) atoms. The van der Waals surface area contributed by atoms with Gasteiger partial charge < -0.3 is 28.8 Å². The summed E-state index contributed by atoms with van der Waals surface area (Å²) in [4.78, 5) is 83.6. The van der Waals surface area contributed by atoms with Crippen LogP contribution < -0.4 is 11.1 Å². The van der Waals surface area contributed by atoms with Gasteiger partial charge in [0.15, 0.2) is 5.76 Å². The maximum absolute atomic E-state index is 13.7. The van der Waals surface area contributed by atoms with Crippen LogP contribution in [0, 0.1) is 0 Å². The van der Waals surface area contributed by atoms with Gasteiger partial charge in [0.05, 0.1) is 66.3 Å². The summed E-state index contributed by atoms with van der Waals surface area (Å²) in [5, 5.41) is 1.11. The molecule has 0 N–H and O–H groups in total. The van der Waals surface area contributed by atoms with E-state index in [0.717, 1.165) is 11.1 Å². The van der Waals surface area contributed by atoms with Crippen LogP contribution in [0.15, 0.2) is 142 Å². The van der Waals surface area contributed by atoms with Crippen molar-refractivity contribution in [2.75, 3.05) is 61.0 Å². The molecule has 15 heteroatoms. The molecule has 2 amide bonds. The number of ether oxygens (including phenoxy) is 1. The lowest BCUT2D eigenvalue weighted by Gasteiger charge is -2.33. The van der Waals surface area contributed by atoms with Crippen molar-refractivity contribution in [2.45, 2.75) is 71.6 Å². The van der Waals surface area contributed by atoms with Crippen LogP contribution in [0.3, 0.4) is 0 Å². The van der Waals surface area contributed by atoms with E-state index in [1.165, 1.54) is 6.26 Å². The van der Waals surface area contributed by atoms with Crippen LogP contribution in [-0.4, -0.2) is 117 Å². The Labute approximate surface area is 409 Å². The van der Waals surface area contributed by atoms with Gasteiger partial charge in [-0.2, -0.15) is 0 Å². The van der Waals surface area contributed by atoms with E-state index in [2.05, 4.69) is 0 Å². The van der Waals surface area contributed by atoms with E-state index in [-0.39, 0.29) is 48.1 Å². The van der Waals surface area contributed by atoms with Crippen molar-refractivity contribution in [3.8, 4) is 0 Å². The molecule has 0 aliphatic carbocycles. The lowest BCUT2D eigenvalue weighted by Crippen LogP contribution is -2.42. The van der Waals surface area contributed by atoms with Crippen molar-refractivity contribution in [3.63, 3.8) is 0 Å². The minimum Gasteiger partial charge on any atom is -0.466 e. The van der Waals surface area contributed by atoms with Gasteiger partial charge in [0.1, 0.15) is 11.6 Å². The number of nitrogens with zero attached hydrogens (tertiary/aromatic N) is 8. The first-order valence-corrected chi connectivity index (χ1v) is 24.0. The molecule has 3 aromatic heterocycles. The van der Waals surface area contributed by atoms with Crippen LogP contribution in [0.2, 0.25) is 0 Å². The summed E-state index contributed by atoms with van der Waals surface area (Å²) in [5.41, 5.74) is 2.96. The van der Waals surface area contributed by atoms with Gasteiger partial charge in [-0.05, 0) is 95.5 Å². The molecule has 3 heterocycles. The second kappa shape index (κ2) is 25.4. The number of likely N-dealkylation sites (N-methyl/N-ethyl adjacent to an activating group) is 2. The fraction of sp³-hybridized carbons (Fsp3) is 0.364. The van der Waals surface area contributed by atoms with E-state index < -0.39 is 18.1 Å². The number of rotatable bonds is 21. The smallest absolute Gasteiger partial charge is 0.306 e. The van der Waals surface area contributed by atoms with E-state index in [1.807, 2.05) is 149 Å². The summed E-state index contributed by atoms with van der Waals surface area (Å²) in [6.45, 7) is 8.96. The Morgan fingerprint density at radius 1 is 0.571 bits per heavy atom. The molecule has 0 saturated carbocycles. The highest BCUT2D eigenvalue weighted by atomic mass is 16.5. The summed E-state index contributed by atoms with van der Waals surface area (Å²) < 4.78 is 13.9. The van der Waals surface area contributed by atoms with Crippen LogP contribution in [0.25, 0.3) is 21.8 Å². The summed E-state index contributed by atoms with van der Waals surface area (Å²) in [6, 6.07) is 36.8. The first kappa shape index (κ1) is 52.1. The Kier molecular flexibility index (Phi) is 18.9. The zero-order valence-electron chi connectivity index (χ0n) is 41.5. The Morgan fingerprint density at radius 3 is 1.47 bits per heavy atom. The zero-order chi connectivity index (χ0) is 50.2. The highest BCUT2D eigenvalue weighted by molar-refractivity contribution is 5.92. The largest absolute Gasteiger partial charge is 0.466 e. The van der Waals surface area contributed by atoms with E-state index in [1.54, 1.807) is 50.1 Å². The number of hydrogen-bond donors (Lipinski definition) is 0. The molecule has 0 aliphatic rings. The van der Waals surface area contributed by atoms with Gasteiger partial charge in [-0.15, -0.1) is 0 Å². The van der Waals surface area contributed by atoms with Crippen molar-refractivity contribution in [2.24, 2.45) is 0 Å². The van der Waals surface area contributed by atoms with Gasteiger partial charge in [0, 0.05) is 32.6 Å². The molecule has 0 bridgehead atoms. The van der Waals surface area contributed by atoms with E-state index in [9.17, 15) is 24.0 Å². The molecule has 15 nitrogen and oxygen atoms in total. The lowest BCUT2D eigenvalue weighted by atomic mass is 10.1. The van der Waals surface area contributed by atoms with Crippen LogP contribution in [-0.2, 0) is 27.4 Å². The molecule has 0 spiro atoms. The Balaban J connectivity index is 0.000000230. The predicted molar refractivity (Wildman–Crippen MR) is 274 cm³/mol. The molecule has 2 unspecified atom stereocenters. The second-order valence-electron chi connectivity index (χ2n) is 17.6. The SMILES string of the molecule is CCC(c1nc2ccccc2c(=O)n1Cc1ccccc1)N(CCN(C)C)C(=O)c1ccco1.CCOC(=O)CCC(=O)N(CCN(C)C)C(CC)c1nc2ccccc2c(=O)n1Cc1ccccc1. The van der Waals surface area contributed by atoms with Crippen molar-refractivity contribution in [3.05, 3.63) is 177 Å². The average Bonchev–Trinajstić information content (AvgIpc) is 3.92. The van der Waals surface area contributed by atoms with Gasteiger partial charge in [-0.25, -0.2) is 9.97 Å². The molecular formula is C55H66N8O7. The van der Waals surface area contributed by atoms with Crippen LogP contribution >= 0.6 is 0 Å². The van der Waals surface area contributed by atoms with E-state index >= 15 is 0 Å². The molecule has 368 valence electrons. The van der Waals surface area contributed by atoms with Gasteiger partial charge in [-0.3, -0.25) is 33.1 Å². The third-order valence-electron chi connectivity index (χ3n) is 12.0. The zero-order valence-corrected chi connectivity index (χ0v) is 41.5. The molecular weight excluding hydrogens is 885 g/mol. The lowest BCUT2D eigenvalue weighted by molar-refractivity contribution is -0.146. The molecule has 0 saturated heterocycles. The summed E-state index contributed by atoms with van der Waals surface area (Å²) in [5.74, 6) is 0.631. The first-order valence-electron chi connectivity index (χ1n) is 24.0. The van der Waals surface area contributed by atoms with Crippen LogP contribution in [0.1, 0.15) is 91.9 Å². The molecule has 4 aromatic carbocycles. The number of fused-ring (bicyclic) bond motifs is 2. The fourth-order valence-corrected chi connectivity index (χ4v) is 8.40. The van der Waals surface area contributed by atoms with Gasteiger partial charge >= 0.3 is 5.97 Å². The number of carbonyl (C=O) groups is 3. The van der Waals surface area contributed by atoms with Crippen molar-refractivity contribution in [1.82, 2.24) is 38.7 Å². The molecule has 0 aliphatic heterocycles. The van der Waals surface area contributed by atoms with Crippen LogP contribution in [0.5, 0.6) is 0 Å². The normalized spacial score (nSPS) is 12.1. The Hall–Kier alpha value is -7.23. The Morgan fingerprint density at radius 2 is 1.03 bits per heavy atom. The summed E-state index contributed by atoms with van der Waals surface area (Å²) in [6.07, 6.45) is 2.72. The first-order chi connectivity index (χ1) is 33.8. The number of hydrogen-bond acceptors (Lipinski definition) is 11. The number of carbonyl (C=O) groups excluding carboxylic acids is 3. The number of benzene rings is 4. The quantitative estimate of drug-likeness (QED) is 0.0648. The van der Waals surface area contributed by atoms with Crippen molar-refractivity contribution < 1.29 is 23.5 Å². The fourth-order valence-electron chi connectivity index (χ4n) is 8.40. The third-order valence-corrected chi connectivity index (χ3v) is 12.0. The van der Waals surface area contributed by atoms with Gasteiger partial charge in [-0.1, -0.05) is 98.8 Å². The predicted octanol–water partition coefficient (Wildman–Crippen LogP) is 7.82. The van der Waals surface area contributed by atoms with Gasteiger partial charge in [0.25, 0.3) is 17.0 Å². The number of esters is 1. The minimum atomic E-state index is -0.430. The maximum Gasteiger partial charge on any atom is 0.306 e. The second-order valence-corrected chi connectivity index (χ2v) is 17.6. The molecule has 0 radical (unpaired) electrons. The molecule has 7 aromatic rings.